The lowest BCUT2D eigenvalue weighted by molar-refractivity contribution is 0.508. The molecule has 2 saturated carbocycles. The molecule has 3 nitrogen and oxygen atoms in total. The second-order valence-electron chi connectivity index (χ2n) is 4.08. The highest BCUT2D eigenvalue weighted by Gasteiger charge is 2.52. The van der Waals surface area contributed by atoms with Crippen LogP contribution in [0.2, 0.25) is 0 Å². The molecule has 1 unspecified atom stereocenters. The van der Waals surface area contributed by atoms with E-state index in [4.69, 9.17) is 0 Å². The minimum atomic E-state index is 0.953. The maximum Gasteiger partial charge on any atom is 0.119 e. The Balaban J connectivity index is 1.65. The summed E-state index contributed by atoms with van der Waals surface area (Å²) in [6.45, 7) is 1.16. The summed E-state index contributed by atoms with van der Waals surface area (Å²) in [7, 11) is 0. The molecule has 0 saturated heterocycles. The van der Waals surface area contributed by atoms with E-state index in [1.165, 1.54) is 19.3 Å². The van der Waals surface area contributed by atoms with Crippen LogP contribution in [0.5, 0.6) is 0 Å². The quantitative estimate of drug-likeness (QED) is 0.658. The molecular formula is C9H13N3. The van der Waals surface area contributed by atoms with Gasteiger partial charge in [-0.05, 0) is 30.6 Å². The molecule has 12 heavy (non-hydrogen) atoms. The van der Waals surface area contributed by atoms with Gasteiger partial charge in [0.15, 0.2) is 0 Å². The average molecular weight is 163 g/mol. The highest BCUT2D eigenvalue weighted by atomic mass is 15.2. The van der Waals surface area contributed by atoms with E-state index in [2.05, 4.69) is 14.8 Å². The van der Waals surface area contributed by atoms with E-state index in [0.717, 1.165) is 24.3 Å². The van der Waals surface area contributed by atoms with Crippen molar-refractivity contribution in [2.24, 2.45) is 17.8 Å². The highest BCUT2D eigenvalue weighted by Crippen LogP contribution is 2.57. The van der Waals surface area contributed by atoms with Crippen LogP contribution in [-0.4, -0.2) is 14.8 Å². The van der Waals surface area contributed by atoms with E-state index in [1.54, 1.807) is 0 Å². The number of nitrogens with zero attached hydrogens (tertiary/aromatic N) is 3. The molecule has 2 aliphatic rings. The molecule has 3 rings (SSSR count). The zero-order chi connectivity index (χ0) is 7.97. The molecule has 1 aromatic heterocycles. The first-order chi connectivity index (χ1) is 5.95. The van der Waals surface area contributed by atoms with E-state index in [1.807, 2.05) is 12.7 Å². The molecular weight excluding hydrogens is 150 g/mol. The Morgan fingerprint density at radius 2 is 1.83 bits per heavy atom. The van der Waals surface area contributed by atoms with Crippen molar-refractivity contribution < 1.29 is 0 Å². The molecule has 2 aliphatic carbocycles. The molecule has 0 aromatic carbocycles. The normalized spacial score (nSPS) is 38.2. The average Bonchev–Trinajstić information content (AvgIpc) is 2.59. The summed E-state index contributed by atoms with van der Waals surface area (Å²) in [6, 6.07) is 0. The number of fused-ring (bicyclic) bond motifs is 1. The predicted molar refractivity (Wildman–Crippen MR) is 44.3 cm³/mol. The first-order valence-corrected chi connectivity index (χ1v) is 4.77. The number of hydrogen-bond acceptors (Lipinski definition) is 2. The van der Waals surface area contributed by atoms with E-state index < -0.39 is 0 Å². The molecule has 0 radical (unpaired) electrons. The molecule has 0 aliphatic heterocycles. The van der Waals surface area contributed by atoms with Gasteiger partial charge in [-0.25, -0.2) is 0 Å². The van der Waals surface area contributed by atoms with Crippen LogP contribution in [0.25, 0.3) is 0 Å². The summed E-state index contributed by atoms with van der Waals surface area (Å²) in [4.78, 5) is 0. The zero-order valence-corrected chi connectivity index (χ0v) is 7.06. The molecule has 0 N–H and O–H groups in total. The van der Waals surface area contributed by atoms with Crippen LogP contribution in [-0.2, 0) is 6.54 Å². The molecule has 0 spiro atoms. The summed E-state index contributed by atoms with van der Waals surface area (Å²) in [5, 5.41) is 7.62. The third kappa shape index (κ3) is 0.886. The molecule has 3 atom stereocenters. The van der Waals surface area contributed by atoms with Gasteiger partial charge in [0, 0.05) is 6.54 Å². The van der Waals surface area contributed by atoms with Gasteiger partial charge >= 0.3 is 0 Å². The van der Waals surface area contributed by atoms with Gasteiger partial charge in [-0.2, -0.15) is 0 Å². The van der Waals surface area contributed by atoms with E-state index in [-0.39, 0.29) is 0 Å². The second-order valence-corrected chi connectivity index (χ2v) is 4.08. The number of aromatic nitrogens is 3. The standard InChI is InChI=1S/C9H13N3/c1-2-7-8(3-1)9(7)4-12-5-10-11-6-12/h5-9H,1-4H2/t7-,8+,9?. The lowest BCUT2D eigenvalue weighted by atomic mass is 10.1. The van der Waals surface area contributed by atoms with Gasteiger partial charge in [-0.15, -0.1) is 10.2 Å². The van der Waals surface area contributed by atoms with Crippen LogP contribution in [0.4, 0.5) is 0 Å². The third-order valence-electron chi connectivity index (χ3n) is 3.47. The van der Waals surface area contributed by atoms with Gasteiger partial charge in [0.1, 0.15) is 12.7 Å². The zero-order valence-electron chi connectivity index (χ0n) is 7.06. The SMILES string of the molecule is c1nncn1CC1[C@H]2CCC[C@@H]12. The van der Waals surface area contributed by atoms with Gasteiger partial charge in [0.05, 0.1) is 0 Å². The van der Waals surface area contributed by atoms with Crippen molar-refractivity contribution in [1.82, 2.24) is 14.8 Å². The number of hydrogen-bond donors (Lipinski definition) is 0. The Labute approximate surface area is 71.8 Å². The van der Waals surface area contributed by atoms with Crippen molar-refractivity contribution in [3.05, 3.63) is 12.7 Å². The molecule has 64 valence electrons. The van der Waals surface area contributed by atoms with Crippen LogP contribution >= 0.6 is 0 Å². The Morgan fingerprint density at radius 3 is 2.50 bits per heavy atom. The van der Waals surface area contributed by atoms with Crippen LogP contribution in [0, 0.1) is 17.8 Å². The monoisotopic (exact) mass is 163 g/mol. The summed E-state index contributed by atoms with van der Waals surface area (Å²) in [6.07, 6.45) is 8.06. The van der Waals surface area contributed by atoms with Crippen LogP contribution in [0.3, 0.4) is 0 Å². The highest BCUT2D eigenvalue weighted by molar-refractivity contribution is 5.00. The smallest absolute Gasteiger partial charge is 0.119 e. The fourth-order valence-corrected chi connectivity index (χ4v) is 2.80. The molecule has 1 aromatic rings. The molecule has 3 heteroatoms. The van der Waals surface area contributed by atoms with Crippen LogP contribution in [0.15, 0.2) is 12.7 Å². The van der Waals surface area contributed by atoms with Crippen LogP contribution < -0.4 is 0 Å². The first-order valence-electron chi connectivity index (χ1n) is 4.77. The Kier molecular flexibility index (Phi) is 1.28. The second kappa shape index (κ2) is 2.31. The van der Waals surface area contributed by atoms with Crippen molar-refractivity contribution in [2.75, 3.05) is 0 Å². The maximum atomic E-state index is 3.81. The van der Waals surface area contributed by atoms with Crippen LogP contribution in [0.1, 0.15) is 19.3 Å². The Bertz CT molecular complexity index is 257. The summed E-state index contributed by atoms with van der Waals surface area (Å²) in [5.74, 6) is 3.05. The van der Waals surface area contributed by atoms with E-state index in [0.29, 0.717) is 0 Å². The summed E-state index contributed by atoms with van der Waals surface area (Å²) in [5.41, 5.74) is 0. The number of rotatable bonds is 2. The van der Waals surface area contributed by atoms with Gasteiger partial charge in [-0.1, -0.05) is 6.42 Å². The fraction of sp³-hybridized carbons (Fsp3) is 0.778. The van der Waals surface area contributed by atoms with Gasteiger partial charge in [0.2, 0.25) is 0 Å². The molecule has 0 bridgehead atoms. The molecule has 1 heterocycles. The minimum absolute atomic E-state index is 0.953. The van der Waals surface area contributed by atoms with Gasteiger partial charge in [0.25, 0.3) is 0 Å². The molecule has 0 amide bonds. The Morgan fingerprint density at radius 1 is 1.17 bits per heavy atom. The Hall–Kier alpha value is -0.860. The van der Waals surface area contributed by atoms with Crippen molar-refractivity contribution in [2.45, 2.75) is 25.8 Å². The lowest BCUT2D eigenvalue weighted by Gasteiger charge is -2.02. The third-order valence-corrected chi connectivity index (χ3v) is 3.47. The van der Waals surface area contributed by atoms with E-state index >= 15 is 0 Å². The van der Waals surface area contributed by atoms with Crippen molar-refractivity contribution in [3.63, 3.8) is 0 Å². The van der Waals surface area contributed by atoms with Crippen molar-refractivity contribution in [1.29, 1.82) is 0 Å². The minimum Gasteiger partial charge on any atom is -0.320 e. The van der Waals surface area contributed by atoms with Crippen molar-refractivity contribution >= 4 is 0 Å². The fourth-order valence-electron chi connectivity index (χ4n) is 2.80. The topological polar surface area (TPSA) is 30.7 Å². The van der Waals surface area contributed by atoms with E-state index in [9.17, 15) is 0 Å². The maximum absolute atomic E-state index is 3.81. The van der Waals surface area contributed by atoms with Gasteiger partial charge in [-0.3, -0.25) is 0 Å². The summed E-state index contributed by atoms with van der Waals surface area (Å²) < 4.78 is 2.11. The molecule has 2 fully saturated rings. The first kappa shape index (κ1) is 6.63. The predicted octanol–water partition coefficient (Wildman–Crippen LogP) is 1.32. The van der Waals surface area contributed by atoms with Gasteiger partial charge < -0.3 is 4.57 Å². The van der Waals surface area contributed by atoms with Crippen molar-refractivity contribution in [3.8, 4) is 0 Å². The summed E-state index contributed by atoms with van der Waals surface area (Å²) >= 11 is 0. The largest absolute Gasteiger partial charge is 0.320 e. The lowest BCUT2D eigenvalue weighted by Crippen LogP contribution is -2.00.